The molecule has 5 N–H and O–H groups in total. The van der Waals surface area contributed by atoms with Crippen molar-refractivity contribution >= 4 is 34.9 Å². The van der Waals surface area contributed by atoms with Crippen LogP contribution in [0.1, 0.15) is 103 Å². The predicted molar refractivity (Wildman–Crippen MR) is 286 cm³/mol. The fourth-order valence-corrected chi connectivity index (χ4v) is 14.6. The molecule has 0 spiro atoms. The second-order valence-electron chi connectivity index (χ2n) is 22.1. The number of rotatable bonds is 13. The molecule has 2 heterocycles. The van der Waals surface area contributed by atoms with Gasteiger partial charge in [0.25, 0.3) is 5.91 Å². The van der Waals surface area contributed by atoms with Gasteiger partial charge in [-0.25, -0.2) is 26.9 Å². The molecule has 2 aromatic heterocycles. The van der Waals surface area contributed by atoms with Crippen molar-refractivity contribution in [2.24, 2.45) is 53.1 Å². The number of hydrogen-bond donors (Lipinski definition) is 4. The maximum atomic E-state index is 14.8. The first kappa shape index (κ1) is 53.0. The standard InChI is InChI=1S/C29H31ClF2N4O.C18H13ClF2N2O.C12H22N2/c1-16-26(29(37)34-9-8-33-27-20-11-17-10-18(13-20)14-21(27)12-17)35-36(25-7-6-23(31)15-24(25)32)28(16)19-2-4-22(30)5-3-19;1-10-17(11(2)24)22-23(16-8-7-14(20)9-15(16)21)18(10)12-3-5-13(19)6-4-12;13-1-2-14-12-10-4-8-3-9(6-10)7-11(12)5-8/h2-7,15,17-18,20-21,27,33H,8-14H2,1H3,(H,34,37);3-9H,1-2H3;8-12,14H,1-7,13H2. The van der Waals surface area contributed by atoms with Crippen LogP contribution in [-0.4, -0.2) is 69.5 Å². The number of carbonyl (C=O) groups excluding carboxylic acids is 2. The zero-order valence-electron chi connectivity index (χ0n) is 42.7. The van der Waals surface area contributed by atoms with Crippen molar-refractivity contribution in [2.75, 3.05) is 26.2 Å². The highest BCUT2D eigenvalue weighted by Gasteiger charge is 2.49. The fourth-order valence-electron chi connectivity index (χ4n) is 14.4. The monoisotopic (exact) mass is 1060 g/mol. The van der Waals surface area contributed by atoms with Crippen LogP contribution in [0.3, 0.4) is 0 Å². The summed E-state index contributed by atoms with van der Waals surface area (Å²) in [5.74, 6) is 4.16. The van der Waals surface area contributed by atoms with Crippen LogP contribution in [0.5, 0.6) is 0 Å². The zero-order valence-corrected chi connectivity index (χ0v) is 44.2. The maximum Gasteiger partial charge on any atom is 0.272 e. The third-order valence-electron chi connectivity index (χ3n) is 17.1. The Bertz CT molecular complexity index is 2980. The smallest absolute Gasteiger partial charge is 0.272 e. The number of aromatic nitrogens is 4. The SMILES string of the molecule is CC(=O)c1nn(-c2ccc(F)cc2F)c(-c2ccc(Cl)cc2)c1C.Cc1c(C(=O)NCCNC2C3CC4CC(C3)CC2C4)nn(-c2ccc(F)cc2F)c1-c1ccc(Cl)cc1.NCCNC1C2CC3CC(C2)CC1C3. The van der Waals surface area contributed by atoms with E-state index in [4.69, 9.17) is 28.9 Å². The average molecular weight is 1070 g/mol. The van der Waals surface area contributed by atoms with Crippen molar-refractivity contribution in [3.05, 3.63) is 141 Å². The van der Waals surface area contributed by atoms with Crippen LogP contribution in [0.2, 0.25) is 10.0 Å². The Morgan fingerprint density at radius 1 is 0.560 bits per heavy atom. The number of amides is 1. The number of ketones is 1. The molecule has 75 heavy (non-hydrogen) atoms. The van der Waals surface area contributed by atoms with Gasteiger partial charge < -0.3 is 21.7 Å². The number of nitrogens with two attached hydrogens (primary N) is 1. The number of nitrogens with one attached hydrogen (secondary N) is 3. The molecule has 6 aromatic rings. The minimum Gasteiger partial charge on any atom is -0.349 e. The Balaban J connectivity index is 0.000000143. The number of carbonyl (C=O) groups is 2. The van der Waals surface area contributed by atoms with Gasteiger partial charge in [-0.2, -0.15) is 10.2 Å². The Hall–Kier alpha value is -5.38. The highest BCUT2D eigenvalue weighted by molar-refractivity contribution is 6.31. The molecule has 16 heteroatoms. The molecular formula is C59H66Cl2F4N8O2. The average Bonchev–Trinajstić information content (AvgIpc) is 3.90. The van der Waals surface area contributed by atoms with E-state index >= 15 is 0 Å². The summed E-state index contributed by atoms with van der Waals surface area (Å²) in [5, 5.41) is 20.3. The second-order valence-corrected chi connectivity index (χ2v) is 23.0. The Labute approximate surface area is 446 Å². The molecule has 0 atom stereocenters. The molecular weight excluding hydrogens is 1000 g/mol. The fraction of sp³-hybridized carbons (Fsp3) is 0.458. The van der Waals surface area contributed by atoms with Crippen LogP contribution < -0.4 is 21.7 Å². The maximum absolute atomic E-state index is 14.8. The van der Waals surface area contributed by atoms with Crippen LogP contribution in [0, 0.1) is 84.5 Å². The van der Waals surface area contributed by atoms with Crippen LogP contribution in [-0.2, 0) is 0 Å². The number of nitrogens with zero attached hydrogens (tertiary/aromatic N) is 4. The second kappa shape index (κ2) is 22.7. The van der Waals surface area contributed by atoms with E-state index in [1.54, 1.807) is 68.8 Å². The first-order valence-corrected chi connectivity index (χ1v) is 27.5. The molecule has 396 valence electrons. The third-order valence-corrected chi connectivity index (χ3v) is 17.6. The van der Waals surface area contributed by atoms with Crippen molar-refractivity contribution < 1.29 is 27.2 Å². The summed E-state index contributed by atoms with van der Waals surface area (Å²) in [5.41, 5.74) is 9.94. The third kappa shape index (κ3) is 11.4. The quantitative estimate of drug-likeness (QED) is 0.0514. The highest BCUT2D eigenvalue weighted by Crippen LogP contribution is 2.55. The summed E-state index contributed by atoms with van der Waals surface area (Å²) >= 11 is 12.0. The molecule has 8 aliphatic rings. The summed E-state index contributed by atoms with van der Waals surface area (Å²) in [4.78, 5) is 25.0. The van der Waals surface area contributed by atoms with Gasteiger partial charge in [-0.1, -0.05) is 47.5 Å². The molecule has 0 saturated heterocycles. The Morgan fingerprint density at radius 2 is 0.947 bits per heavy atom. The van der Waals surface area contributed by atoms with Gasteiger partial charge in [-0.3, -0.25) is 9.59 Å². The molecule has 0 aliphatic heterocycles. The van der Waals surface area contributed by atoms with E-state index in [-0.39, 0.29) is 34.5 Å². The largest absolute Gasteiger partial charge is 0.349 e. The molecule has 4 aromatic carbocycles. The van der Waals surface area contributed by atoms with Crippen LogP contribution >= 0.6 is 23.2 Å². The topological polar surface area (TPSA) is 132 Å². The van der Waals surface area contributed by atoms with E-state index in [1.807, 2.05) is 0 Å². The summed E-state index contributed by atoms with van der Waals surface area (Å²) in [6.07, 6.45) is 14.4. The van der Waals surface area contributed by atoms with Gasteiger partial charge in [0.15, 0.2) is 23.1 Å². The molecule has 14 rings (SSSR count). The number of Topliss-reactive ketones (excluding diaryl/α,β-unsaturated/α-hetero) is 1. The number of halogens is 6. The van der Waals surface area contributed by atoms with E-state index in [1.165, 1.54) is 92.3 Å². The van der Waals surface area contributed by atoms with Gasteiger partial charge in [0.2, 0.25) is 0 Å². The summed E-state index contributed by atoms with van der Waals surface area (Å²) < 4.78 is 58.5. The number of benzene rings is 4. The molecule has 1 amide bonds. The minimum absolute atomic E-state index is 0.0666. The molecule has 0 radical (unpaired) electrons. The first-order chi connectivity index (χ1) is 36.1. The van der Waals surface area contributed by atoms with Crippen molar-refractivity contribution in [2.45, 2.75) is 97.1 Å². The van der Waals surface area contributed by atoms with Crippen molar-refractivity contribution in [3.8, 4) is 33.9 Å². The molecule has 8 bridgehead atoms. The van der Waals surface area contributed by atoms with Gasteiger partial charge in [-0.15, -0.1) is 0 Å². The van der Waals surface area contributed by atoms with Gasteiger partial charge in [0.1, 0.15) is 28.7 Å². The lowest BCUT2D eigenvalue weighted by molar-refractivity contribution is -0.0133. The van der Waals surface area contributed by atoms with Gasteiger partial charge in [0, 0.05) is 89.6 Å². The van der Waals surface area contributed by atoms with Crippen molar-refractivity contribution in [1.82, 2.24) is 35.5 Å². The Kier molecular flexibility index (Phi) is 16.0. The van der Waals surface area contributed by atoms with Crippen LogP contribution in [0.15, 0.2) is 84.9 Å². The predicted octanol–water partition coefficient (Wildman–Crippen LogP) is 12.3. The normalized spacial score (nSPS) is 25.6. The lowest BCUT2D eigenvalue weighted by Crippen LogP contribution is -2.55. The minimum atomic E-state index is -0.761. The van der Waals surface area contributed by atoms with E-state index in [0.717, 1.165) is 95.8 Å². The highest BCUT2D eigenvalue weighted by atomic mass is 35.5. The lowest BCUT2D eigenvalue weighted by Gasteiger charge is -2.54. The summed E-state index contributed by atoms with van der Waals surface area (Å²) in [6.45, 7) is 7.93. The first-order valence-electron chi connectivity index (χ1n) is 26.7. The van der Waals surface area contributed by atoms with Gasteiger partial charge >= 0.3 is 0 Å². The van der Waals surface area contributed by atoms with Crippen LogP contribution in [0.4, 0.5) is 17.6 Å². The Morgan fingerprint density at radius 3 is 1.33 bits per heavy atom. The molecule has 8 aliphatic carbocycles. The van der Waals surface area contributed by atoms with Gasteiger partial charge in [0.05, 0.1) is 11.4 Å². The summed E-state index contributed by atoms with van der Waals surface area (Å²) in [7, 11) is 0. The van der Waals surface area contributed by atoms with E-state index in [2.05, 4.69) is 26.1 Å². The van der Waals surface area contributed by atoms with E-state index in [0.29, 0.717) is 51.7 Å². The zero-order chi connectivity index (χ0) is 52.7. The van der Waals surface area contributed by atoms with Crippen molar-refractivity contribution in [3.63, 3.8) is 0 Å². The summed E-state index contributed by atoms with van der Waals surface area (Å²) in [6, 6.07) is 21.9. The van der Waals surface area contributed by atoms with E-state index < -0.39 is 23.3 Å². The van der Waals surface area contributed by atoms with Crippen molar-refractivity contribution in [1.29, 1.82) is 0 Å². The molecule has 0 unspecified atom stereocenters. The molecule has 8 fully saturated rings. The van der Waals surface area contributed by atoms with Crippen LogP contribution in [0.25, 0.3) is 33.9 Å². The molecule has 8 saturated carbocycles. The van der Waals surface area contributed by atoms with Gasteiger partial charge in [-0.05, 0) is 174 Å². The van der Waals surface area contributed by atoms with E-state index in [9.17, 15) is 27.2 Å². The number of hydrogen-bond acceptors (Lipinski definition) is 7. The molecule has 10 nitrogen and oxygen atoms in total. The lowest BCUT2D eigenvalue weighted by atomic mass is 9.54.